The number of esters is 1. The van der Waals surface area contributed by atoms with Crippen molar-refractivity contribution in [1.82, 2.24) is 15.5 Å². The molecule has 174 valence electrons. The average Bonchev–Trinajstić information content (AvgIpc) is 3.34. The number of carbonyl (C=O) groups excluding carboxylic acids is 2. The number of aromatic nitrogens is 2. The van der Waals surface area contributed by atoms with Crippen molar-refractivity contribution in [3.8, 4) is 34.4 Å². The molecule has 0 aliphatic heterocycles. The van der Waals surface area contributed by atoms with Gasteiger partial charge in [0.2, 0.25) is 5.82 Å². The van der Waals surface area contributed by atoms with Crippen LogP contribution in [0.4, 0.5) is 0 Å². The lowest BCUT2D eigenvalue weighted by molar-refractivity contribution is -0.144. The number of hydrogen-bond acceptors (Lipinski definition) is 10. The zero-order valence-electron chi connectivity index (χ0n) is 18.5. The Hall–Kier alpha value is -4.28. The van der Waals surface area contributed by atoms with Gasteiger partial charge in [0.15, 0.2) is 29.6 Å². The van der Waals surface area contributed by atoms with Crippen LogP contribution in [0.1, 0.15) is 16.2 Å². The van der Waals surface area contributed by atoms with Crippen LogP contribution < -0.4 is 24.3 Å². The summed E-state index contributed by atoms with van der Waals surface area (Å²) in [6.07, 6.45) is 0. The molecule has 0 atom stereocenters. The summed E-state index contributed by atoms with van der Waals surface area (Å²) in [5.41, 5.74) is 0.938. The van der Waals surface area contributed by atoms with E-state index in [2.05, 4.69) is 15.5 Å². The van der Waals surface area contributed by atoms with Gasteiger partial charge in [-0.05, 0) is 36.4 Å². The third-order valence-corrected chi connectivity index (χ3v) is 4.51. The fourth-order valence-electron chi connectivity index (χ4n) is 2.83. The van der Waals surface area contributed by atoms with Gasteiger partial charge in [0.05, 0.1) is 28.4 Å². The van der Waals surface area contributed by atoms with Crippen LogP contribution in [0.15, 0.2) is 40.9 Å². The summed E-state index contributed by atoms with van der Waals surface area (Å²) >= 11 is 0. The van der Waals surface area contributed by atoms with Gasteiger partial charge < -0.3 is 33.5 Å². The second kappa shape index (κ2) is 10.8. The molecule has 33 heavy (non-hydrogen) atoms. The fourth-order valence-corrected chi connectivity index (χ4v) is 2.83. The molecule has 0 aliphatic rings. The molecule has 0 saturated carbocycles. The Bertz CT molecular complexity index is 1130. The third-order valence-electron chi connectivity index (χ3n) is 4.51. The van der Waals surface area contributed by atoms with E-state index in [0.29, 0.717) is 39.9 Å². The third kappa shape index (κ3) is 5.70. The Morgan fingerprint density at radius 2 is 1.52 bits per heavy atom. The second-order valence-corrected chi connectivity index (χ2v) is 6.49. The maximum atomic E-state index is 12.3. The smallest absolute Gasteiger partial charge is 0.325 e. The largest absolute Gasteiger partial charge is 0.493 e. The molecule has 0 unspecified atom stereocenters. The van der Waals surface area contributed by atoms with Gasteiger partial charge >= 0.3 is 5.97 Å². The van der Waals surface area contributed by atoms with E-state index < -0.39 is 11.9 Å². The van der Waals surface area contributed by atoms with Crippen LogP contribution in [-0.4, -0.2) is 57.0 Å². The Morgan fingerprint density at radius 3 is 2.18 bits per heavy atom. The molecule has 1 amide bonds. The number of benzene rings is 2. The highest BCUT2D eigenvalue weighted by Gasteiger charge is 2.15. The molecule has 11 heteroatoms. The van der Waals surface area contributed by atoms with Gasteiger partial charge in [-0.2, -0.15) is 4.98 Å². The van der Waals surface area contributed by atoms with Crippen molar-refractivity contribution >= 4 is 11.9 Å². The van der Waals surface area contributed by atoms with Gasteiger partial charge in [-0.3, -0.25) is 9.59 Å². The van der Waals surface area contributed by atoms with Crippen molar-refractivity contribution in [2.75, 3.05) is 35.0 Å². The molecule has 0 saturated heterocycles. The van der Waals surface area contributed by atoms with Gasteiger partial charge in [-0.15, -0.1) is 0 Å². The number of rotatable bonds is 10. The minimum absolute atomic E-state index is 0.0966. The Kier molecular flexibility index (Phi) is 7.68. The normalized spacial score (nSPS) is 10.3. The van der Waals surface area contributed by atoms with Crippen molar-refractivity contribution in [3.05, 3.63) is 47.9 Å². The lowest BCUT2D eigenvalue weighted by Gasteiger charge is -2.09. The Morgan fingerprint density at radius 1 is 0.879 bits per heavy atom. The van der Waals surface area contributed by atoms with E-state index in [1.54, 1.807) is 30.3 Å². The molecular formula is C22H23N3O8. The van der Waals surface area contributed by atoms with Crippen LogP contribution in [0.3, 0.4) is 0 Å². The molecule has 1 aromatic heterocycles. The lowest BCUT2D eigenvalue weighted by atomic mass is 10.2. The van der Waals surface area contributed by atoms with E-state index in [9.17, 15) is 9.59 Å². The fraction of sp³-hybridized carbons (Fsp3) is 0.273. The number of ether oxygens (including phenoxy) is 5. The summed E-state index contributed by atoms with van der Waals surface area (Å²) in [5, 5.41) is 6.35. The Balaban J connectivity index is 1.53. The molecule has 0 bridgehead atoms. The van der Waals surface area contributed by atoms with Crippen molar-refractivity contribution in [3.63, 3.8) is 0 Å². The van der Waals surface area contributed by atoms with Crippen LogP contribution in [-0.2, 0) is 16.1 Å². The maximum absolute atomic E-state index is 12.3. The van der Waals surface area contributed by atoms with Gasteiger partial charge in [0.1, 0.15) is 6.54 Å². The molecule has 2 aromatic carbocycles. The SMILES string of the molecule is COc1ccc(C(=O)NCC(=O)OCc2nc(-c3ccc(OC)c(OC)c3)no2)cc1OC. The topological polar surface area (TPSA) is 131 Å². The summed E-state index contributed by atoms with van der Waals surface area (Å²) < 4.78 is 31.0. The van der Waals surface area contributed by atoms with Crippen molar-refractivity contribution in [2.24, 2.45) is 0 Å². The predicted molar refractivity (Wildman–Crippen MR) is 115 cm³/mol. The van der Waals surface area contributed by atoms with Gasteiger partial charge in [0, 0.05) is 11.1 Å². The Labute approximate surface area is 189 Å². The molecule has 1 heterocycles. The van der Waals surface area contributed by atoms with Crippen molar-refractivity contribution in [2.45, 2.75) is 6.61 Å². The molecule has 3 rings (SSSR count). The van der Waals surface area contributed by atoms with Crippen LogP contribution in [0.5, 0.6) is 23.0 Å². The van der Waals surface area contributed by atoms with Gasteiger partial charge in [0.25, 0.3) is 11.8 Å². The average molecular weight is 457 g/mol. The molecule has 0 spiro atoms. The predicted octanol–water partition coefficient (Wildman–Crippen LogP) is 2.24. The summed E-state index contributed by atoms with van der Waals surface area (Å²) in [6.45, 7) is -0.588. The highest BCUT2D eigenvalue weighted by atomic mass is 16.6. The number of hydrogen-bond donors (Lipinski definition) is 1. The molecule has 0 fully saturated rings. The van der Waals surface area contributed by atoms with E-state index in [4.69, 9.17) is 28.2 Å². The summed E-state index contributed by atoms with van der Waals surface area (Å²) in [6, 6.07) is 9.81. The lowest BCUT2D eigenvalue weighted by Crippen LogP contribution is -2.30. The highest BCUT2D eigenvalue weighted by molar-refractivity contribution is 5.96. The van der Waals surface area contributed by atoms with Gasteiger partial charge in [-0.1, -0.05) is 5.16 Å². The van der Waals surface area contributed by atoms with Crippen LogP contribution in [0.2, 0.25) is 0 Å². The van der Waals surface area contributed by atoms with Crippen LogP contribution >= 0.6 is 0 Å². The molecule has 1 N–H and O–H groups in total. The first-order chi connectivity index (χ1) is 16.0. The minimum Gasteiger partial charge on any atom is -0.493 e. The summed E-state index contributed by atoms with van der Waals surface area (Å²) in [7, 11) is 6.01. The van der Waals surface area contributed by atoms with Crippen LogP contribution in [0.25, 0.3) is 11.4 Å². The monoisotopic (exact) mass is 457 g/mol. The number of amides is 1. The van der Waals surface area contributed by atoms with E-state index >= 15 is 0 Å². The molecule has 3 aromatic rings. The number of nitrogens with zero attached hydrogens (tertiary/aromatic N) is 2. The highest BCUT2D eigenvalue weighted by Crippen LogP contribution is 2.31. The zero-order chi connectivity index (χ0) is 23.8. The molecule has 0 radical (unpaired) electrons. The van der Waals surface area contributed by atoms with Gasteiger partial charge in [-0.25, -0.2) is 0 Å². The number of methoxy groups -OCH3 is 4. The van der Waals surface area contributed by atoms with Crippen molar-refractivity contribution in [1.29, 1.82) is 0 Å². The number of nitrogens with one attached hydrogen (secondary N) is 1. The van der Waals surface area contributed by atoms with E-state index in [0.717, 1.165) is 0 Å². The first kappa shape index (κ1) is 23.4. The van der Waals surface area contributed by atoms with E-state index in [1.165, 1.54) is 34.5 Å². The first-order valence-electron chi connectivity index (χ1n) is 9.69. The summed E-state index contributed by atoms with van der Waals surface area (Å²) in [4.78, 5) is 28.5. The quantitative estimate of drug-likeness (QED) is 0.452. The standard InChI is InChI=1S/C22H23N3O8/c1-28-15-7-5-13(9-17(15)30-3)21-24-19(33-25-21)12-32-20(26)11-23-22(27)14-6-8-16(29-2)18(10-14)31-4/h5-10H,11-12H2,1-4H3,(H,23,27). The first-order valence-corrected chi connectivity index (χ1v) is 9.69. The van der Waals surface area contributed by atoms with Crippen LogP contribution in [0, 0.1) is 0 Å². The molecular weight excluding hydrogens is 434 g/mol. The molecule has 11 nitrogen and oxygen atoms in total. The summed E-state index contributed by atoms with van der Waals surface area (Å²) in [5.74, 6) is 1.21. The number of carbonyl (C=O) groups is 2. The van der Waals surface area contributed by atoms with Crippen molar-refractivity contribution < 1.29 is 37.8 Å². The maximum Gasteiger partial charge on any atom is 0.325 e. The molecule has 0 aliphatic carbocycles. The minimum atomic E-state index is -0.672. The van der Waals surface area contributed by atoms with E-state index in [-0.39, 0.29) is 19.0 Å². The zero-order valence-corrected chi connectivity index (χ0v) is 18.5. The second-order valence-electron chi connectivity index (χ2n) is 6.49. The van der Waals surface area contributed by atoms with E-state index in [1.807, 2.05) is 0 Å².